The first kappa shape index (κ1) is 14.4. The molecule has 0 aliphatic rings. The number of aliphatic hydroxyl groups is 1. The molecular weight excluding hydrogens is 260 g/mol. The molecular formula is C11H13ClN2O4. The van der Waals surface area contributed by atoms with E-state index >= 15 is 0 Å². The standard InChI is InChI=1S/C11H13ClN2O4/c1-11(18,4-9(15)16)6-14-10(17)7-2-3-13-5-8(7)12/h2-3,5,18H,4,6H2,1H3,(H,14,17)(H,15,16). The molecule has 0 saturated heterocycles. The van der Waals surface area contributed by atoms with Crippen molar-refractivity contribution in [3.8, 4) is 0 Å². The number of hydrogen-bond donors (Lipinski definition) is 3. The van der Waals surface area contributed by atoms with Crippen molar-refractivity contribution in [2.24, 2.45) is 0 Å². The Morgan fingerprint density at radius 1 is 1.56 bits per heavy atom. The van der Waals surface area contributed by atoms with E-state index in [1.54, 1.807) is 0 Å². The predicted octanol–water partition coefficient (Wildman–Crippen LogP) is 0.691. The zero-order valence-corrected chi connectivity index (χ0v) is 10.4. The van der Waals surface area contributed by atoms with Gasteiger partial charge >= 0.3 is 5.97 Å². The summed E-state index contributed by atoms with van der Waals surface area (Å²) < 4.78 is 0. The van der Waals surface area contributed by atoms with E-state index < -0.39 is 23.9 Å². The Morgan fingerprint density at radius 2 is 2.22 bits per heavy atom. The second-order valence-corrected chi connectivity index (χ2v) is 4.51. The fourth-order valence-electron chi connectivity index (χ4n) is 1.31. The second-order valence-electron chi connectivity index (χ2n) is 4.11. The average Bonchev–Trinajstić information content (AvgIpc) is 2.25. The van der Waals surface area contributed by atoms with Crippen LogP contribution < -0.4 is 5.32 Å². The number of amides is 1. The summed E-state index contributed by atoms with van der Waals surface area (Å²) in [6, 6.07) is 1.43. The van der Waals surface area contributed by atoms with Gasteiger partial charge in [0.1, 0.15) is 0 Å². The Labute approximate surface area is 109 Å². The van der Waals surface area contributed by atoms with Gasteiger partial charge in [0.25, 0.3) is 5.91 Å². The van der Waals surface area contributed by atoms with Gasteiger partial charge in [0.2, 0.25) is 0 Å². The maximum absolute atomic E-state index is 11.7. The van der Waals surface area contributed by atoms with Crippen LogP contribution in [0.15, 0.2) is 18.5 Å². The average molecular weight is 273 g/mol. The van der Waals surface area contributed by atoms with Gasteiger partial charge in [-0.3, -0.25) is 14.6 Å². The van der Waals surface area contributed by atoms with E-state index in [9.17, 15) is 14.7 Å². The normalized spacial score (nSPS) is 13.7. The van der Waals surface area contributed by atoms with E-state index in [0.717, 1.165) is 0 Å². The summed E-state index contributed by atoms with van der Waals surface area (Å²) in [4.78, 5) is 25.9. The van der Waals surface area contributed by atoms with E-state index in [4.69, 9.17) is 16.7 Å². The smallest absolute Gasteiger partial charge is 0.306 e. The number of pyridine rings is 1. The first-order valence-electron chi connectivity index (χ1n) is 5.14. The molecule has 0 saturated carbocycles. The van der Waals surface area contributed by atoms with Crippen molar-refractivity contribution in [1.82, 2.24) is 10.3 Å². The summed E-state index contributed by atoms with van der Waals surface area (Å²) in [5.41, 5.74) is -1.29. The lowest BCUT2D eigenvalue weighted by Gasteiger charge is -2.21. The number of carboxylic acids is 1. The lowest BCUT2D eigenvalue weighted by atomic mass is 10.0. The monoisotopic (exact) mass is 272 g/mol. The number of halogens is 1. The molecule has 1 atom stereocenters. The van der Waals surface area contributed by atoms with Gasteiger partial charge in [0.15, 0.2) is 0 Å². The predicted molar refractivity (Wildman–Crippen MR) is 64.5 cm³/mol. The van der Waals surface area contributed by atoms with Gasteiger partial charge in [0.05, 0.1) is 22.6 Å². The van der Waals surface area contributed by atoms with Crippen LogP contribution in [0.3, 0.4) is 0 Å². The number of nitrogens with one attached hydrogen (secondary N) is 1. The Kier molecular flexibility index (Phi) is 4.63. The molecule has 18 heavy (non-hydrogen) atoms. The molecule has 3 N–H and O–H groups in total. The largest absolute Gasteiger partial charge is 0.481 e. The van der Waals surface area contributed by atoms with Crippen LogP contribution in [0.2, 0.25) is 5.02 Å². The number of aromatic nitrogens is 1. The molecule has 1 heterocycles. The third-order valence-electron chi connectivity index (χ3n) is 2.18. The Balaban J connectivity index is 2.62. The van der Waals surface area contributed by atoms with Crippen LogP contribution in [0, 0.1) is 0 Å². The maximum Gasteiger partial charge on any atom is 0.306 e. The van der Waals surface area contributed by atoms with E-state index in [2.05, 4.69) is 10.3 Å². The lowest BCUT2D eigenvalue weighted by Crippen LogP contribution is -2.42. The minimum atomic E-state index is -1.51. The van der Waals surface area contributed by atoms with Gasteiger partial charge in [-0.15, -0.1) is 0 Å². The third-order valence-corrected chi connectivity index (χ3v) is 2.48. The topological polar surface area (TPSA) is 99.5 Å². The van der Waals surface area contributed by atoms with Crippen LogP contribution in [-0.2, 0) is 4.79 Å². The number of aliphatic carboxylic acids is 1. The number of nitrogens with zero attached hydrogens (tertiary/aromatic N) is 1. The number of hydrogen-bond acceptors (Lipinski definition) is 4. The van der Waals surface area contributed by atoms with Crippen LogP contribution in [0.1, 0.15) is 23.7 Å². The van der Waals surface area contributed by atoms with Crippen molar-refractivity contribution in [2.75, 3.05) is 6.54 Å². The summed E-state index contributed by atoms with van der Waals surface area (Å²) >= 11 is 5.77. The number of carbonyl (C=O) groups is 2. The quantitative estimate of drug-likeness (QED) is 0.732. The third kappa shape index (κ3) is 4.31. The highest BCUT2D eigenvalue weighted by Crippen LogP contribution is 2.14. The summed E-state index contributed by atoms with van der Waals surface area (Å²) in [6.07, 6.45) is 2.28. The van der Waals surface area contributed by atoms with Gasteiger partial charge in [-0.1, -0.05) is 11.6 Å². The van der Waals surface area contributed by atoms with Gasteiger partial charge < -0.3 is 15.5 Å². The Bertz CT molecular complexity index is 462. The molecule has 98 valence electrons. The first-order chi connectivity index (χ1) is 8.32. The van der Waals surface area contributed by atoms with Crippen molar-refractivity contribution in [3.05, 3.63) is 29.0 Å². The molecule has 0 aliphatic carbocycles. The molecule has 0 aliphatic heterocycles. The summed E-state index contributed by atoms with van der Waals surface area (Å²) in [7, 11) is 0. The summed E-state index contributed by atoms with van der Waals surface area (Å²) in [6.45, 7) is 1.15. The van der Waals surface area contributed by atoms with Crippen molar-refractivity contribution in [3.63, 3.8) is 0 Å². The molecule has 1 rings (SSSR count). The Morgan fingerprint density at radius 3 is 2.78 bits per heavy atom. The molecule has 1 amide bonds. The zero-order valence-electron chi connectivity index (χ0n) is 9.68. The maximum atomic E-state index is 11.7. The van der Waals surface area contributed by atoms with Gasteiger partial charge in [-0.05, 0) is 13.0 Å². The molecule has 6 nitrogen and oxygen atoms in total. The zero-order chi connectivity index (χ0) is 13.8. The fraction of sp³-hybridized carbons (Fsp3) is 0.364. The minimum Gasteiger partial charge on any atom is -0.481 e. The minimum absolute atomic E-state index is 0.184. The first-order valence-corrected chi connectivity index (χ1v) is 5.51. The molecule has 0 aromatic carbocycles. The van der Waals surface area contributed by atoms with E-state index in [-0.39, 0.29) is 17.1 Å². The van der Waals surface area contributed by atoms with Crippen LogP contribution in [-0.4, -0.2) is 39.2 Å². The molecule has 0 bridgehead atoms. The van der Waals surface area contributed by atoms with Crippen molar-refractivity contribution >= 4 is 23.5 Å². The van der Waals surface area contributed by atoms with Crippen LogP contribution in [0.25, 0.3) is 0 Å². The van der Waals surface area contributed by atoms with Crippen molar-refractivity contribution in [2.45, 2.75) is 18.9 Å². The van der Waals surface area contributed by atoms with Crippen molar-refractivity contribution in [1.29, 1.82) is 0 Å². The molecule has 0 fully saturated rings. The number of carboxylic acid groups (broad SMARTS) is 1. The van der Waals surface area contributed by atoms with Crippen LogP contribution in [0.5, 0.6) is 0 Å². The highest BCUT2D eigenvalue weighted by Gasteiger charge is 2.25. The molecule has 1 aromatic heterocycles. The molecule has 0 radical (unpaired) electrons. The SMILES string of the molecule is CC(O)(CNC(=O)c1ccncc1Cl)CC(=O)O. The van der Waals surface area contributed by atoms with Gasteiger partial charge in [0, 0.05) is 18.9 Å². The van der Waals surface area contributed by atoms with Crippen LogP contribution in [0.4, 0.5) is 0 Å². The number of rotatable bonds is 5. The molecule has 7 heteroatoms. The molecule has 1 unspecified atom stereocenters. The van der Waals surface area contributed by atoms with Crippen molar-refractivity contribution < 1.29 is 19.8 Å². The highest BCUT2D eigenvalue weighted by molar-refractivity contribution is 6.33. The van der Waals surface area contributed by atoms with Gasteiger partial charge in [-0.25, -0.2) is 0 Å². The second kappa shape index (κ2) is 5.79. The Hall–Kier alpha value is -1.66. The molecule has 0 spiro atoms. The van der Waals surface area contributed by atoms with Gasteiger partial charge in [-0.2, -0.15) is 0 Å². The molecule has 1 aromatic rings. The van der Waals surface area contributed by atoms with E-state index in [1.807, 2.05) is 0 Å². The fourth-order valence-corrected chi connectivity index (χ4v) is 1.52. The highest BCUT2D eigenvalue weighted by atomic mass is 35.5. The van der Waals surface area contributed by atoms with E-state index in [0.29, 0.717) is 0 Å². The van der Waals surface area contributed by atoms with Crippen LogP contribution >= 0.6 is 11.6 Å². The van der Waals surface area contributed by atoms with E-state index in [1.165, 1.54) is 25.4 Å². The summed E-state index contributed by atoms with van der Waals surface area (Å²) in [5, 5.41) is 20.9. The lowest BCUT2D eigenvalue weighted by molar-refractivity contribution is -0.141. The number of carbonyl (C=O) groups excluding carboxylic acids is 1. The summed E-state index contributed by atoms with van der Waals surface area (Å²) in [5.74, 6) is -1.63.